The molecule has 0 aliphatic heterocycles. The summed E-state index contributed by atoms with van der Waals surface area (Å²) < 4.78 is 0. The molecule has 4 nitrogen and oxygen atoms in total. The lowest BCUT2D eigenvalue weighted by molar-refractivity contribution is 0.0699. The first kappa shape index (κ1) is 10.3. The van der Waals surface area contributed by atoms with Gasteiger partial charge in [0.05, 0.1) is 0 Å². The van der Waals surface area contributed by atoms with Crippen LogP contribution in [-0.4, -0.2) is 16.1 Å². The molecule has 1 heterocycles. The highest BCUT2D eigenvalue weighted by molar-refractivity contribution is 6.00. The van der Waals surface area contributed by atoms with Gasteiger partial charge in [-0.25, -0.2) is 4.79 Å². The Morgan fingerprint density at radius 1 is 1.31 bits per heavy atom. The molecule has 0 amide bonds. The zero-order chi connectivity index (χ0) is 11.7. The maximum atomic E-state index is 11.0. The minimum atomic E-state index is -1.02. The molecule has 0 unspecified atom stereocenters. The molecule has 0 bridgehead atoms. The van der Waals surface area contributed by atoms with Crippen LogP contribution < -0.4 is 5.73 Å². The molecule has 16 heavy (non-hydrogen) atoms. The molecule has 4 N–H and O–H groups in total. The van der Waals surface area contributed by atoms with Gasteiger partial charge in [-0.05, 0) is 12.5 Å². The van der Waals surface area contributed by atoms with Crippen molar-refractivity contribution in [1.82, 2.24) is 4.98 Å². The molecule has 0 atom stereocenters. The largest absolute Gasteiger partial charge is 0.478 e. The number of aromatic carboxylic acids is 1. The van der Waals surface area contributed by atoms with Crippen molar-refractivity contribution in [3.8, 4) is 11.1 Å². The fourth-order valence-corrected chi connectivity index (χ4v) is 1.63. The molecule has 2 aromatic rings. The van der Waals surface area contributed by atoms with Crippen LogP contribution in [0.4, 0.5) is 5.82 Å². The van der Waals surface area contributed by atoms with Gasteiger partial charge in [0.25, 0.3) is 0 Å². The molecular weight excluding hydrogens is 204 g/mol. The summed E-state index contributed by atoms with van der Waals surface area (Å²) in [5.74, 6) is -0.836. The monoisotopic (exact) mass is 216 g/mol. The number of aromatic amines is 1. The van der Waals surface area contributed by atoms with Crippen LogP contribution in [0.2, 0.25) is 0 Å². The number of aromatic nitrogens is 1. The summed E-state index contributed by atoms with van der Waals surface area (Å²) in [6.07, 6.45) is 1.61. The lowest BCUT2D eigenvalue weighted by Crippen LogP contribution is -2.01. The third kappa shape index (κ3) is 1.65. The summed E-state index contributed by atoms with van der Waals surface area (Å²) in [6.45, 7) is 1.98. The summed E-state index contributed by atoms with van der Waals surface area (Å²) in [6, 6.07) is 7.63. The second-order valence-corrected chi connectivity index (χ2v) is 3.66. The minimum absolute atomic E-state index is 0.129. The Morgan fingerprint density at radius 3 is 2.50 bits per heavy atom. The molecule has 0 aliphatic rings. The van der Waals surface area contributed by atoms with E-state index in [1.807, 2.05) is 31.2 Å². The number of hydrogen-bond acceptors (Lipinski definition) is 2. The van der Waals surface area contributed by atoms with Gasteiger partial charge in [-0.15, -0.1) is 0 Å². The van der Waals surface area contributed by atoms with Gasteiger partial charge in [0, 0.05) is 11.8 Å². The van der Waals surface area contributed by atoms with E-state index in [0.717, 1.165) is 11.1 Å². The van der Waals surface area contributed by atoms with Gasteiger partial charge in [-0.3, -0.25) is 0 Å². The van der Waals surface area contributed by atoms with Crippen molar-refractivity contribution in [2.45, 2.75) is 6.92 Å². The summed E-state index contributed by atoms with van der Waals surface area (Å²) >= 11 is 0. The van der Waals surface area contributed by atoms with Crippen molar-refractivity contribution >= 4 is 11.8 Å². The molecule has 0 aliphatic carbocycles. The normalized spacial score (nSPS) is 10.3. The number of aryl methyl sites for hydroxylation is 1. The second kappa shape index (κ2) is 3.73. The number of hydrogen-bond donors (Lipinski definition) is 3. The van der Waals surface area contributed by atoms with Gasteiger partial charge >= 0.3 is 5.97 Å². The summed E-state index contributed by atoms with van der Waals surface area (Å²) in [7, 11) is 0. The van der Waals surface area contributed by atoms with Gasteiger partial charge in [0.2, 0.25) is 0 Å². The quantitative estimate of drug-likeness (QED) is 0.720. The zero-order valence-corrected chi connectivity index (χ0v) is 8.82. The van der Waals surface area contributed by atoms with Gasteiger partial charge in [0.1, 0.15) is 11.4 Å². The highest BCUT2D eigenvalue weighted by atomic mass is 16.4. The first-order valence-electron chi connectivity index (χ1n) is 4.87. The molecular formula is C12H12N2O2. The Labute approximate surface area is 92.7 Å². The van der Waals surface area contributed by atoms with Gasteiger partial charge in [0.15, 0.2) is 0 Å². The minimum Gasteiger partial charge on any atom is -0.478 e. The van der Waals surface area contributed by atoms with E-state index in [4.69, 9.17) is 10.8 Å². The van der Waals surface area contributed by atoms with Crippen LogP contribution in [0.1, 0.15) is 15.9 Å². The smallest absolute Gasteiger partial charge is 0.340 e. The van der Waals surface area contributed by atoms with E-state index in [2.05, 4.69) is 4.98 Å². The van der Waals surface area contributed by atoms with Crippen LogP contribution in [-0.2, 0) is 0 Å². The molecule has 4 heteroatoms. The van der Waals surface area contributed by atoms with Gasteiger partial charge in [-0.2, -0.15) is 0 Å². The van der Waals surface area contributed by atoms with Crippen molar-refractivity contribution in [3.63, 3.8) is 0 Å². The van der Waals surface area contributed by atoms with E-state index in [9.17, 15) is 4.79 Å². The van der Waals surface area contributed by atoms with E-state index in [1.165, 1.54) is 0 Å². The molecule has 0 radical (unpaired) electrons. The molecule has 1 aromatic heterocycles. The van der Waals surface area contributed by atoms with Crippen LogP contribution in [0.15, 0.2) is 30.5 Å². The van der Waals surface area contributed by atoms with E-state index >= 15 is 0 Å². The summed E-state index contributed by atoms with van der Waals surface area (Å²) in [5.41, 5.74) is 8.29. The van der Waals surface area contributed by atoms with E-state index in [1.54, 1.807) is 6.20 Å². The number of carbonyl (C=O) groups is 1. The van der Waals surface area contributed by atoms with Crippen LogP contribution >= 0.6 is 0 Å². The Kier molecular flexibility index (Phi) is 2.40. The Bertz CT molecular complexity index is 526. The fourth-order valence-electron chi connectivity index (χ4n) is 1.63. The van der Waals surface area contributed by atoms with E-state index < -0.39 is 5.97 Å². The molecule has 0 fully saturated rings. The highest BCUT2D eigenvalue weighted by Crippen LogP contribution is 2.27. The predicted octanol–water partition coefficient (Wildman–Crippen LogP) is 2.27. The number of rotatable bonds is 2. The predicted molar refractivity (Wildman–Crippen MR) is 62.3 cm³/mol. The average Bonchev–Trinajstić information content (AvgIpc) is 2.61. The van der Waals surface area contributed by atoms with Gasteiger partial charge in [-0.1, -0.05) is 29.8 Å². The molecule has 0 saturated heterocycles. The molecule has 0 spiro atoms. The first-order chi connectivity index (χ1) is 7.59. The lowest BCUT2D eigenvalue weighted by Gasteiger charge is -2.01. The lowest BCUT2D eigenvalue weighted by atomic mass is 10.0. The van der Waals surface area contributed by atoms with Crippen LogP contribution in [0.5, 0.6) is 0 Å². The third-order valence-electron chi connectivity index (χ3n) is 2.49. The molecule has 2 rings (SSSR count). The number of nitrogens with one attached hydrogen (secondary N) is 1. The van der Waals surface area contributed by atoms with Crippen molar-refractivity contribution in [2.24, 2.45) is 0 Å². The fraction of sp³-hybridized carbons (Fsp3) is 0.0833. The molecule has 1 aromatic carbocycles. The van der Waals surface area contributed by atoms with Gasteiger partial charge < -0.3 is 15.8 Å². The van der Waals surface area contributed by atoms with Crippen LogP contribution in [0.3, 0.4) is 0 Å². The second-order valence-electron chi connectivity index (χ2n) is 3.66. The average molecular weight is 216 g/mol. The number of H-pyrrole nitrogens is 1. The third-order valence-corrected chi connectivity index (χ3v) is 2.49. The summed E-state index contributed by atoms with van der Waals surface area (Å²) in [4.78, 5) is 13.8. The standard InChI is InChI=1S/C12H12N2O2/c1-7-2-4-8(5-3-7)9-6-14-11(13)10(9)12(15)16/h2-6,14H,13H2,1H3,(H,15,16). The Hall–Kier alpha value is -2.23. The number of nitrogen functional groups attached to an aromatic ring is 1. The Balaban J connectivity index is 2.56. The molecule has 0 saturated carbocycles. The highest BCUT2D eigenvalue weighted by Gasteiger charge is 2.16. The van der Waals surface area contributed by atoms with E-state index in [-0.39, 0.29) is 11.4 Å². The number of carboxylic acids is 1. The van der Waals surface area contributed by atoms with Crippen molar-refractivity contribution in [3.05, 3.63) is 41.6 Å². The molecule has 82 valence electrons. The number of carboxylic acid groups (broad SMARTS) is 1. The maximum absolute atomic E-state index is 11.0. The number of nitrogens with two attached hydrogens (primary N) is 1. The Morgan fingerprint density at radius 2 is 1.94 bits per heavy atom. The van der Waals surface area contributed by atoms with Crippen LogP contribution in [0, 0.1) is 6.92 Å². The van der Waals surface area contributed by atoms with Crippen LogP contribution in [0.25, 0.3) is 11.1 Å². The summed E-state index contributed by atoms with van der Waals surface area (Å²) in [5, 5.41) is 9.05. The SMILES string of the molecule is Cc1ccc(-c2c[nH]c(N)c2C(=O)O)cc1. The zero-order valence-electron chi connectivity index (χ0n) is 8.82. The number of anilines is 1. The number of benzene rings is 1. The van der Waals surface area contributed by atoms with Crippen molar-refractivity contribution in [1.29, 1.82) is 0 Å². The maximum Gasteiger partial charge on any atom is 0.340 e. The van der Waals surface area contributed by atoms with Crippen molar-refractivity contribution in [2.75, 3.05) is 5.73 Å². The van der Waals surface area contributed by atoms with Crippen molar-refractivity contribution < 1.29 is 9.90 Å². The van der Waals surface area contributed by atoms with E-state index in [0.29, 0.717) is 5.56 Å². The topological polar surface area (TPSA) is 79.1 Å². The first-order valence-corrected chi connectivity index (χ1v) is 4.87.